The van der Waals surface area contributed by atoms with Crippen LogP contribution in [0, 0.1) is 0 Å². The Morgan fingerprint density at radius 1 is 1.22 bits per heavy atom. The van der Waals surface area contributed by atoms with Crippen molar-refractivity contribution in [1.29, 1.82) is 0 Å². The van der Waals surface area contributed by atoms with Gasteiger partial charge < -0.3 is 5.32 Å². The van der Waals surface area contributed by atoms with E-state index in [0.29, 0.717) is 15.9 Å². The zero-order valence-corrected chi connectivity index (χ0v) is 16.4. The van der Waals surface area contributed by atoms with Gasteiger partial charge in [0.1, 0.15) is 5.82 Å². The molecule has 1 aromatic carbocycles. The molecule has 122 valence electrons. The van der Waals surface area contributed by atoms with E-state index in [2.05, 4.69) is 42.2 Å². The molecule has 0 radical (unpaired) electrons. The summed E-state index contributed by atoms with van der Waals surface area (Å²) in [5.74, 6) is -0.221. The summed E-state index contributed by atoms with van der Waals surface area (Å²) in [6.07, 6.45) is 2.74. The summed E-state index contributed by atoms with van der Waals surface area (Å²) >= 11 is 6.53. The lowest BCUT2D eigenvalue weighted by atomic mass is 10.0. The quantitative estimate of drug-likeness (QED) is 0.752. The molecule has 0 aliphatic carbocycles. The zero-order chi connectivity index (χ0) is 17.2. The van der Waals surface area contributed by atoms with Gasteiger partial charge in [-0.25, -0.2) is 13.4 Å². The summed E-state index contributed by atoms with van der Waals surface area (Å²) in [6.45, 7) is 1.75. The molecule has 0 saturated carbocycles. The molecule has 0 bridgehead atoms. The highest BCUT2D eigenvalue weighted by Gasteiger charge is 2.19. The number of carbonyl (C=O) groups excluding carboxylic acids is 1. The van der Waals surface area contributed by atoms with Gasteiger partial charge in [0.2, 0.25) is 5.91 Å². The fraction of sp³-hybridized carbons (Fsp3) is 0.200. The van der Waals surface area contributed by atoms with Crippen molar-refractivity contribution in [2.75, 3.05) is 11.6 Å². The second-order valence-electron chi connectivity index (χ2n) is 5.03. The number of hydrogen-bond acceptors (Lipinski definition) is 4. The van der Waals surface area contributed by atoms with Gasteiger partial charge >= 0.3 is 0 Å². The van der Waals surface area contributed by atoms with E-state index in [1.165, 1.54) is 6.07 Å². The maximum atomic E-state index is 12.3. The Morgan fingerprint density at radius 3 is 2.43 bits per heavy atom. The number of carbonyl (C=O) groups is 1. The Hall–Kier alpha value is -1.25. The molecule has 0 spiro atoms. The largest absolute Gasteiger partial charge is 0.310 e. The molecule has 0 saturated heterocycles. The minimum absolute atomic E-state index is 0.198. The van der Waals surface area contributed by atoms with E-state index >= 15 is 0 Å². The first-order valence-corrected chi connectivity index (χ1v) is 10.1. The van der Waals surface area contributed by atoms with Gasteiger partial charge in [0.15, 0.2) is 9.84 Å². The number of aromatic nitrogens is 1. The smallest absolute Gasteiger partial charge is 0.232 e. The van der Waals surface area contributed by atoms with Crippen LogP contribution in [0.3, 0.4) is 0 Å². The van der Waals surface area contributed by atoms with Crippen molar-refractivity contribution in [3.63, 3.8) is 0 Å². The van der Waals surface area contributed by atoms with E-state index in [-0.39, 0.29) is 10.8 Å². The van der Waals surface area contributed by atoms with Gasteiger partial charge in [-0.3, -0.25) is 4.79 Å². The molecular formula is C15H14Br2N2O3S. The number of halogens is 2. The van der Waals surface area contributed by atoms with E-state index in [9.17, 15) is 13.2 Å². The molecule has 2 aromatic rings. The fourth-order valence-corrected chi connectivity index (χ4v) is 4.16. The molecule has 1 unspecified atom stereocenters. The van der Waals surface area contributed by atoms with Crippen LogP contribution in [0.25, 0.3) is 0 Å². The van der Waals surface area contributed by atoms with Gasteiger partial charge in [0.25, 0.3) is 0 Å². The molecule has 0 aliphatic heterocycles. The Morgan fingerprint density at radius 2 is 1.91 bits per heavy atom. The molecule has 1 atom stereocenters. The molecule has 1 aromatic heterocycles. The summed E-state index contributed by atoms with van der Waals surface area (Å²) in [7, 11) is -3.31. The monoisotopic (exact) mass is 460 g/mol. The summed E-state index contributed by atoms with van der Waals surface area (Å²) in [4.78, 5) is 16.6. The third-order valence-corrected chi connectivity index (χ3v) is 5.77. The normalized spacial score (nSPS) is 12.7. The van der Waals surface area contributed by atoms with Gasteiger partial charge in [0.05, 0.1) is 10.8 Å². The number of pyridine rings is 1. The molecule has 23 heavy (non-hydrogen) atoms. The van der Waals surface area contributed by atoms with E-state index in [1.807, 2.05) is 0 Å². The number of benzene rings is 1. The van der Waals surface area contributed by atoms with Crippen molar-refractivity contribution in [3.05, 3.63) is 51.0 Å². The number of rotatable bonds is 4. The van der Waals surface area contributed by atoms with Gasteiger partial charge in [-0.1, -0.05) is 6.07 Å². The van der Waals surface area contributed by atoms with Gasteiger partial charge in [-0.2, -0.15) is 0 Å². The fourth-order valence-electron chi connectivity index (χ4n) is 1.92. The van der Waals surface area contributed by atoms with Crippen molar-refractivity contribution in [2.24, 2.45) is 0 Å². The Bertz CT molecular complexity index is 836. The first-order valence-electron chi connectivity index (χ1n) is 6.60. The predicted molar refractivity (Wildman–Crippen MR) is 96.2 cm³/mol. The Labute approximate surface area is 151 Å². The average Bonchev–Trinajstić information content (AvgIpc) is 2.47. The number of nitrogens with one attached hydrogen (secondary N) is 1. The molecule has 1 amide bonds. The highest BCUT2D eigenvalue weighted by molar-refractivity contribution is 9.10. The van der Waals surface area contributed by atoms with E-state index in [1.54, 1.807) is 37.4 Å². The zero-order valence-electron chi connectivity index (χ0n) is 12.4. The third kappa shape index (κ3) is 4.62. The molecule has 8 heteroatoms. The van der Waals surface area contributed by atoms with Crippen LogP contribution in [0.15, 0.2) is 50.4 Å². The SMILES string of the molecule is CC(C(=O)Nc1ccc(Br)cn1)c1ccc(S(C)(=O)=O)c(Br)c1. The highest BCUT2D eigenvalue weighted by Crippen LogP contribution is 2.27. The van der Waals surface area contributed by atoms with Crippen LogP contribution in [-0.4, -0.2) is 25.6 Å². The molecule has 0 aliphatic rings. The van der Waals surface area contributed by atoms with Crippen LogP contribution in [0.2, 0.25) is 0 Å². The number of anilines is 1. The molecule has 1 heterocycles. The lowest BCUT2D eigenvalue weighted by Gasteiger charge is -2.13. The molecule has 2 rings (SSSR count). The van der Waals surface area contributed by atoms with Crippen LogP contribution < -0.4 is 5.32 Å². The first kappa shape index (κ1) is 18.1. The number of hydrogen-bond donors (Lipinski definition) is 1. The average molecular weight is 462 g/mol. The number of nitrogens with zero attached hydrogens (tertiary/aromatic N) is 1. The van der Waals surface area contributed by atoms with Crippen LogP contribution in [0.4, 0.5) is 5.82 Å². The Kier molecular flexibility index (Phi) is 5.59. The third-order valence-electron chi connectivity index (χ3n) is 3.23. The van der Waals surface area contributed by atoms with Gasteiger partial charge in [-0.15, -0.1) is 0 Å². The summed E-state index contributed by atoms with van der Waals surface area (Å²) in [5, 5.41) is 2.73. The maximum absolute atomic E-state index is 12.3. The second kappa shape index (κ2) is 7.11. The van der Waals surface area contributed by atoms with Crippen molar-refractivity contribution in [3.8, 4) is 0 Å². The molecular weight excluding hydrogens is 448 g/mol. The van der Waals surface area contributed by atoms with Gasteiger partial charge in [0, 0.05) is 21.4 Å². The topological polar surface area (TPSA) is 76.1 Å². The van der Waals surface area contributed by atoms with Crippen molar-refractivity contribution >= 4 is 53.4 Å². The molecule has 5 nitrogen and oxygen atoms in total. The van der Waals surface area contributed by atoms with Crippen molar-refractivity contribution in [1.82, 2.24) is 4.98 Å². The maximum Gasteiger partial charge on any atom is 0.232 e. The van der Waals surface area contributed by atoms with Crippen LogP contribution in [-0.2, 0) is 14.6 Å². The highest BCUT2D eigenvalue weighted by atomic mass is 79.9. The minimum atomic E-state index is -3.31. The van der Waals surface area contributed by atoms with Crippen LogP contribution in [0.5, 0.6) is 0 Å². The predicted octanol–water partition coefficient (Wildman–Crippen LogP) is 3.75. The van der Waals surface area contributed by atoms with Crippen molar-refractivity contribution < 1.29 is 13.2 Å². The second-order valence-corrected chi connectivity index (χ2v) is 8.79. The standard InChI is InChI=1S/C15H14Br2N2O3S/c1-9(15(20)19-14-6-4-11(16)8-18-14)10-3-5-13(12(17)7-10)23(2,21)22/h3-9H,1-2H3,(H,18,19,20). The van der Waals surface area contributed by atoms with Crippen LogP contribution >= 0.6 is 31.9 Å². The van der Waals surface area contributed by atoms with Crippen LogP contribution in [0.1, 0.15) is 18.4 Å². The summed E-state index contributed by atoms with van der Waals surface area (Å²) in [6, 6.07) is 8.26. The number of amides is 1. The van der Waals surface area contributed by atoms with E-state index < -0.39 is 15.8 Å². The summed E-state index contributed by atoms with van der Waals surface area (Å²) < 4.78 is 24.5. The van der Waals surface area contributed by atoms with E-state index in [4.69, 9.17) is 0 Å². The van der Waals surface area contributed by atoms with Gasteiger partial charge in [-0.05, 0) is 68.6 Å². The first-order chi connectivity index (χ1) is 10.7. The molecule has 1 N–H and O–H groups in total. The Balaban J connectivity index is 2.19. The molecule has 0 fully saturated rings. The lowest BCUT2D eigenvalue weighted by Crippen LogP contribution is -2.19. The summed E-state index contributed by atoms with van der Waals surface area (Å²) in [5.41, 5.74) is 0.707. The van der Waals surface area contributed by atoms with E-state index in [0.717, 1.165) is 10.7 Å². The van der Waals surface area contributed by atoms with Crippen molar-refractivity contribution in [2.45, 2.75) is 17.7 Å². The number of sulfone groups is 1. The lowest BCUT2D eigenvalue weighted by molar-refractivity contribution is -0.117. The minimum Gasteiger partial charge on any atom is -0.310 e.